The van der Waals surface area contributed by atoms with Crippen molar-refractivity contribution in [3.05, 3.63) is 45.5 Å². The molecule has 1 aromatic rings. The van der Waals surface area contributed by atoms with Crippen molar-refractivity contribution in [2.24, 2.45) is 0 Å². The minimum Gasteiger partial charge on any atom is -0.303 e. The molecule has 1 aromatic carbocycles. The van der Waals surface area contributed by atoms with Crippen LogP contribution in [0.15, 0.2) is 18.2 Å². The van der Waals surface area contributed by atoms with E-state index < -0.39 is 29.0 Å². The predicted octanol–water partition coefficient (Wildman–Crippen LogP) is 1.91. The molecular formula is C10H9F2NO3. The maximum Gasteiger partial charge on any atom is 0.211 e. The number of halogens is 2. The van der Waals surface area contributed by atoms with Crippen molar-refractivity contribution in [3.8, 4) is 0 Å². The Bertz CT molecular complexity index is 409. The van der Waals surface area contributed by atoms with Crippen molar-refractivity contribution >= 4 is 6.29 Å². The monoisotopic (exact) mass is 229 g/mol. The van der Waals surface area contributed by atoms with Crippen LogP contribution < -0.4 is 0 Å². The van der Waals surface area contributed by atoms with E-state index in [0.29, 0.717) is 6.29 Å². The van der Waals surface area contributed by atoms with E-state index in [-0.39, 0.29) is 12.0 Å². The first-order valence-corrected chi connectivity index (χ1v) is 4.55. The Hall–Kier alpha value is -1.85. The van der Waals surface area contributed by atoms with Crippen molar-refractivity contribution in [1.82, 2.24) is 0 Å². The van der Waals surface area contributed by atoms with Gasteiger partial charge in [-0.2, -0.15) is 0 Å². The van der Waals surface area contributed by atoms with Crippen molar-refractivity contribution in [1.29, 1.82) is 0 Å². The SMILES string of the molecule is O=CCC(C[N+](=O)[O-])c1cccc(F)c1F. The third kappa shape index (κ3) is 2.82. The summed E-state index contributed by atoms with van der Waals surface area (Å²) < 4.78 is 26.2. The smallest absolute Gasteiger partial charge is 0.211 e. The summed E-state index contributed by atoms with van der Waals surface area (Å²) in [7, 11) is 0. The van der Waals surface area contributed by atoms with Crippen molar-refractivity contribution in [3.63, 3.8) is 0 Å². The van der Waals surface area contributed by atoms with Crippen LogP contribution in [0.3, 0.4) is 0 Å². The molecule has 0 bridgehead atoms. The fourth-order valence-corrected chi connectivity index (χ4v) is 1.43. The van der Waals surface area contributed by atoms with Crippen LogP contribution in [0.4, 0.5) is 8.78 Å². The third-order valence-electron chi connectivity index (χ3n) is 2.17. The van der Waals surface area contributed by atoms with Gasteiger partial charge in [0.2, 0.25) is 6.54 Å². The molecule has 0 radical (unpaired) electrons. The first-order chi connectivity index (χ1) is 7.56. The molecule has 4 nitrogen and oxygen atoms in total. The van der Waals surface area contributed by atoms with Gasteiger partial charge < -0.3 is 4.79 Å². The summed E-state index contributed by atoms with van der Waals surface area (Å²) in [5.74, 6) is -3.13. The van der Waals surface area contributed by atoms with Crippen LogP contribution in [0.25, 0.3) is 0 Å². The lowest BCUT2D eigenvalue weighted by molar-refractivity contribution is -0.483. The molecule has 1 atom stereocenters. The Morgan fingerprint density at radius 1 is 1.44 bits per heavy atom. The number of hydrogen-bond donors (Lipinski definition) is 0. The highest BCUT2D eigenvalue weighted by atomic mass is 19.2. The molecule has 1 rings (SSSR count). The second kappa shape index (κ2) is 5.29. The minimum atomic E-state index is -1.13. The van der Waals surface area contributed by atoms with Gasteiger partial charge in [0, 0.05) is 16.9 Å². The first-order valence-electron chi connectivity index (χ1n) is 4.55. The average molecular weight is 229 g/mol. The van der Waals surface area contributed by atoms with Crippen LogP contribution in [-0.2, 0) is 4.79 Å². The molecule has 0 N–H and O–H groups in total. The van der Waals surface area contributed by atoms with E-state index in [0.717, 1.165) is 6.07 Å². The van der Waals surface area contributed by atoms with E-state index in [9.17, 15) is 23.7 Å². The zero-order chi connectivity index (χ0) is 12.1. The molecule has 0 spiro atoms. The minimum absolute atomic E-state index is 0.135. The molecule has 0 saturated heterocycles. The molecule has 86 valence electrons. The highest BCUT2D eigenvalue weighted by Gasteiger charge is 2.22. The topological polar surface area (TPSA) is 60.2 Å². The van der Waals surface area contributed by atoms with Gasteiger partial charge in [0.05, 0.1) is 5.92 Å². The average Bonchev–Trinajstić information content (AvgIpc) is 2.21. The molecule has 6 heteroatoms. The predicted molar refractivity (Wildman–Crippen MR) is 51.6 cm³/mol. The Kier molecular flexibility index (Phi) is 4.04. The van der Waals surface area contributed by atoms with Gasteiger partial charge in [-0.25, -0.2) is 8.78 Å². The first kappa shape index (κ1) is 12.2. The molecule has 0 aromatic heterocycles. The second-order valence-corrected chi connectivity index (χ2v) is 3.26. The zero-order valence-corrected chi connectivity index (χ0v) is 8.23. The molecule has 0 heterocycles. The van der Waals surface area contributed by atoms with E-state index in [2.05, 4.69) is 0 Å². The highest BCUT2D eigenvalue weighted by molar-refractivity contribution is 5.51. The van der Waals surface area contributed by atoms with Gasteiger partial charge in [-0.3, -0.25) is 10.1 Å². The molecule has 0 fully saturated rings. The summed E-state index contributed by atoms with van der Waals surface area (Å²) in [5, 5.41) is 10.3. The number of benzene rings is 1. The van der Waals surface area contributed by atoms with Crippen LogP contribution in [0.5, 0.6) is 0 Å². The van der Waals surface area contributed by atoms with E-state index in [1.54, 1.807) is 0 Å². The normalized spacial score (nSPS) is 12.1. The summed E-state index contributed by atoms with van der Waals surface area (Å²) in [6.07, 6.45) is 0.250. The van der Waals surface area contributed by atoms with E-state index in [1.807, 2.05) is 0 Å². The molecule has 0 aliphatic carbocycles. The Balaban J connectivity index is 3.04. The molecule has 16 heavy (non-hydrogen) atoms. The number of aldehydes is 1. The largest absolute Gasteiger partial charge is 0.303 e. The molecule has 0 amide bonds. The maximum atomic E-state index is 13.3. The van der Waals surface area contributed by atoms with Crippen molar-refractivity contribution in [2.45, 2.75) is 12.3 Å². The number of rotatable bonds is 5. The summed E-state index contributed by atoms with van der Waals surface area (Å²) >= 11 is 0. The maximum absolute atomic E-state index is 13.3. The van der Waals surface area contributed by atoms with Gasteiger partial charge in [-0.15, -0.1) is 0 Å². The Morgan fingerprint density at radius 3 is 2.69 bits per heavy atom. The number of nitro groups is 1. The molecular weight excluding hydrogens is 220 g/mol. The number of carbonyl (C=O) groups is 1. The summed E-state index contributed by atoms with van der Waals surface area (Å²) in [4.78, 5) is 20.0. The van der Waals surface area contributed by atoms with Crippen LogP contribution >= 0.6 is 0 Å². The second-order valence-electron chi connectivity index (χ2n) is 3.26. The highest BCUT2D eigenvalue weighted by Crippen LogP contribution is 2.23. The Morgan fingerprint density at radius 2 is 2.12 bits per heavy atom. The van der Waals surface area contributed by atoms with Gasteiger partial charge in [-0.1, -0.05) is 12.1 Å². The number of carbonyl (C=O) groups excluding carboxylic acids is 1. The van der Waals surface area contributed by atoms with Gasteiger partial charge in [0.1, 0.15) is 6.29 Å². The standard InChI is InChI=1S/C10H9F2NO3/c11-9-3-1-2-8(10(9)12)7(4-5-14)6-13(15)16/h1-3,5,7H,4,6H2. The van der Waals surface area contributed by atoms with E-state index >= 15 is 0 Å². The summed E-state index contributed by atoms with van der Waals surface area (Å²) in [6, 6.07) is 3.42. The van der Waals surface area contributed by atoms with Crippen molar-refractivity contribution in [2.75, 3.05) is 6.54 Å². The van der Waals surface area contributed by atoms with Gasteiger partial charge in [0.25, 0.3) is 0 Å². The van der Waals surface area contributed by atoms with Gasteiger partial charge in [0.15, 0.2) is 11.6 Å². The lowest BCUT2D eigenvalue weighted by atomic mass is 9.96. The lowest BCUT2D eigenvalue weighted by Crippen LogP contribution is -2.15. The molecule has 1 unspecified atom stereocenters. The van der Waals surface area contributed by atoms with Gasteiger partial charge >= 0.3 is 0 Å². The van der Waals surface area contributed by atoms with E-state index in [4.69, 9.17) is 0 Å². The molecule has 0 aliphatic heterocycles. The Labute approximate surface area is 90.0 Å². The summed E-state index contributed by atoms with van der Waals surface area (Å²) in [5.41, 5.74) is -0.135. The van der Waals surface area contributed by atoms with Crippen LogP contribution in [0.1, 0.15) is 17.9 Å². The summed E-state index contributed by atoms with van der Waals surface area (Å²) in [6.45, 7) is -0.598. The lowest BCUT2D eigenvalue weighted by Gasteiger charge is -2.11. The van der Waals surface area contributed by atoms with Gasteiger partial charge in [-0.05, 0) is 6.07 Å². The quantitative estimate of drug-likeness (QED) is 0.440. The van der Waals surface area contributed by atoms with Crippen LogP contribution in [0.2, 0.25) is 0 Å². The molecule has 0 aliphatic rings. The zero-order valence-electron chi connectivity index (χ0n) is 8.23. The van der Waals surface area contributed by atoms with Crippen LogP contribution in [-0.4, -0.2) is 17.8 Å². The van der Waals surface area contributed by atoms with Crippen molar-refractivity contribution < 1.29 is 18.5 Å². The molecule has 0 saturated carbocycles. The number of nitrogens with zero attached hydrogens (tertiary/aromatic N) is 1. The fraction of sp³-hybridized carbons (Fsp3) is 0.300. The number of hydrogen-bond acceptors (Lipinski definition) is 3. The fourth-order valence-electron chi connectivity index (χ4n) is 1.43. The van der Waals surface area contributed by atoms with E-state index in [1.165, 1.54) is 12.1 Å². The third-order valence-corrected chi connectivity index (χ3v) is 2.17. The van der Waals surface area contributed by atoms with Crippen LogP contribution in [0, 0.1) is 21.7 Å².